The molecule has 2 N–H and O–H groups in total. The normalized spacial score (nSPS) is 15.6. The summed E-state index contributed by atoms with van der Waals surface area (Å²) >= 11 is 0. The van der Waals surface area contributed by atoms with Crippen molar-refractivity contribution in [2.45, 2.75) is 48.5 Å². The van der Waals surface area contributed by atoms with Crippen molar-refractivity contribution >= 4 is 0 Å². The van der Waals surface area contributed by atoms with Crippen LogP contribution in [0.5, 0.6) is 0 Å². The lowest BCUT2D eigenvalue weighted by atomic mass is 9.69. The molecule has 0 radical (unpaired) electrons. The summed E-state index contributed by atoms with van der Waals surface area (Å²) in [5, 5.41) is 12.8. The number of rotatable bonds is 6. The Balaban J connectivity index is 4.07. The molecule has 2 heteroatoms. The molecule has 98 valence electrons. The highest BCUT2D eigenvalue weighted by atomic mass is 16.3. The second kappa shape index (κ2) is 6.02. The zero-order chi connectivity index (χ0) is 13.0. The van der Waals surface area contributed by atoms with E-state index in [9.17, 15) is 5.11 Å². The van der Waals surface area contributed by atoms with Gasteiger partial charge in [-0.25, -0.2) is 0 Å². The Labute approximate surface area is 102 Å². The van der Waals surface area contributed by atoms with Gasteiger partial charge in [0.1, 0.15) is 0 Å². The van der Waals surface area contributed by atoms with Crippen LogP contribution < -0.4 is 5.32 Å². The van der Waals surface area contributed by atoms with E-state index in [1.807, 2.05) is 0 Å². The Kier molecular flexibility index (Phi) is 5.99. The van der Waals surface area contributed by atoms with Gasteiger partial charge in [-0.1, -0.05) is 48.5 Å². The van der Waals surface area contributed by atoms with Crippen molar-refractivity contribution in [3.05, 3.63) is 0 Å². The van der Waals surface area contributed by atoms with E-state index in [0.717, 1.165) is 13.1 Å². The molecule has 0 aromatic carbocycles. The zero-order valence-corrected chi connectivity index (χ0v) is 12.2. The average molecular weight is 229 g/mol. The van der Waals surface area contributed by atoms with Crippen LogP contribution in [-0.4, -0.2) is 24.8 Å². The van der Waals surface area contributed by atoms with Gasteiger partial charge in [-0.3, -0.25) is 0 Å². The first-order valence-electron chi connectivity index (χ1n) is 6.43. The average Bonchev–Trinajstić information content (AvgIpc) is 2.09. The van der Waals surface area contributed by atoms with E-state index < -0.39 is 0 Å². The highest BCUT2D eigenvalue weighted by Crippen LogP contribution is 2.36. The lowest BCUT2D eigenvalue weighted by molar-refractivity contribution is 0.120. The maximum Gasteiger partial charge on any atom is 0.0473 e. The van der Waals surface area contributed by atoms with Gasteiger partial charge in [0.2, 0.25) is 0 Å². The van der Waals surface area contributed by atoms with E-state index in [1.54, 1.807) is 0 Å². The van der Waals surface area contributed by atoms with Crippen LogP contribution in [-0.2, 0) is 0 Å². The van der Waals surface area contributed by atoms with Crippen molar-refractivity contribution in [2.24, 2.45) is 22.7 Å². The maximum absolute atomic E-state index is 9.25. The van der Waals surface area contributed by atoms with Crippen LogP contribution >= 0.6 is 0 Å². The summed E-state index contributed by atoms with van der Waals surface area (Å²) in [5.74, 6) is 0.908. The van der Waals surface area contributed by atoms with Crippen LogP contribution in [0.2, 0.25) is 0 Å². The van der Waals surface area contributed by atoms with E-state index >= 15 is 0 Å². The van der Waals surface area contributed by atoms with Crippen LogP contribution in [0.25, 0.3) is 0 Å². The molecule has 1 unspecified atom stereocenters. The standard InChI is InChI=1S/C14H31NO/c1-11(2)12(9-16)8-15-10-14(6,7)13(3,4)5/h11-12,15-16H,8-10H2,1-7H3. The molecular formula is C14H31NO. The topological polar surface area (TPSA) is 32.3 Å². The van der Waals surface area contributed by atoms with Gasteiger partial charge in [0.15, 0.2) is 0 Å². The van der Waals surface area contributed by atoms with Gasteiger partial charge in [0, 0.05) is 19.7 Å². The van der Waals surface area contributed by atoms with Crippen LogP contribution in [0, 0.1) is 22.7 Å². The fourth-order valence-corrected chi connectivity index (χ4v) is 1.35. The third-order valence-electron chi connectivity index (χ3n) is 4.18. The molecule has 0 aromatic heterocycles. The molecule has 0 aliphatic carbocycles. The zero-order valence-electron chi connectivity index (χ0n) is 12.2. The van der Waals surface area contributed by atoms with Gasteiger partial charge in [-0.15, -0.1) is 0 Å². The Morgan fingerprint density at radius 1 is 1.06 bits per heavy atom. The van der Waals surface area contributed by atoms with Crippen molar-refractivity contribution < 1.29 is 5.11 Å². The molecule has 0 spiro atoms. The minimum atomic E-state index is 0.268. The van der Waals surface area contributed by atoms with Gasteiger partial charge < -0.3 is 10.4 Å². The van der Waals surface area contributed by atoms with E-state index in [-0.39, 0.29) is 12.0 Å². The molecular weight excluding hydrogens is 198 g/mol. The van der Waals surface area contributed by atoms with E-state index in [2.05, 4.69) is 53.8 Å². The molecule has 2 nitrogen and oxygen atoms in total. The molecule has 0 aliphatic rings. The molecule has 1 atom stereocenters. The first-order chi connectivity index (χ1) is 7.12. The molecule has 16 heavy (non-hydrogen) atoms. The summed E-state index contributed by atoms with van der Waals surface area (Å²) in [6.07, 6.45) is 0. The second-order valence-electron chi connectivity index (χ2n) is 6.95. The monoisotopic (exact) mass is 229 g/mol. The summed E-state index contributed by atoms with van der Waals surface area (Å²) in [7, 11) is 0. The van der Waals surface area contributed by atoms with Crippen molar-refractivity contribution in [2.75, 3.05) is 19.7 Å². The summed E-state index contributed by atoms with van der Waals surface area (Å²) in [6.45, 7) is 17.9. The summed E-state index contributed by atoms with van der Waals surface area (Å²) in [4.78, 5) is 0. The molecule has 0 bridgehead atoms. The van der Waals surface area contributed by atoms with Gasteiger partial charge in [0.25, 0.3) is 0 Å². The van der Waals surface area contributed by atoms with E-state index in [1.165, 1.54) is 0 Å². The van der Waals surface area contributed by atoms with Gasteiger partial charge in [0.05, 0.1) is 0 Å². The molecule has 0 aromatic rings. The lowest BCUT2D eigenvalue weighted by Crippen LogP contribution is -2.41. The Morgan fingerprint density at radius 3 is 1.88 bits per heavy atom. The minimum Gasteiger partial charge on any atom is -0.396 e. The van der Waals surface area contributed by atoms with Gasteiger partial charge in [-0.05, 0) is 22.7 Å². The molecule has 0 aliphatic heterocycles. The highest BCUT2D eigenvalue weighted by molar-refractivity contribution is 4.84. The maximum atomic E-state index is 9.25. The summed E-state index contributed by atoms with van der Waals surface area (Å²) in [6, 6.07) is 0. The van der Waals surface area contributed by atoms with Crippen LogP contribution in [0.3, 0.4) is 0 Å². The summed E-state index contributed by atoms with van der Waals surface area (Å²) in [5.41, 5.74) is 0.566. The number of aliphatic hydroxyl groups is 1. The number of nitrogens with one attached hydrogen (secondary N) is 1. The van der Waals surface area contributed by atoms with Crippen molar-refractivity contribution in [3.8, 4) is 0 Å². The number of hydrogen-bond acceptors (Lipinski definition) is 2. The Morgan fingerprint density at radius 2 is 1.56 bits per heavy atom. The predicted octanol–water partition coefficient (Wildman–Crippen LogP) is 2.91. The van der Waals surface area contributed by atoms with E-state index in [4.69, 9.17) is 0 Å². The molecule has 0 heterocycles. The molecule has 0 saturated heterocycles. The van der Waals surface area contributed by atoms with Crippen molar-refractivity contribution in [3.63, 3.8) is 0 Å². The SMILES string of the molecule is CC(C)C(CO)CNCC(C)(C)C(C)(C)C. The first-order valence-corrected chi connectivity index (χ1v) is 6.43. The molecule has 0 rings (SSSR count). The van der Waals surface area contributed by atoms with E-state index in [0.29, 0.717) is 17.3 Å². The number of aliphatic hydroxyl groups excluding tert-OH is 1. The quantitative estimate of drug-likeness (QED) is 0.734. The first kappa shape index (κ1) is 15.9. The second-order valence-corrected chi connectivity index (χ2v) is 6.95. The van der Waals surface area contributed by atoms with Crippen molar-refractivity contribution in [1.82, 2.24) is 5.32 Å². The number of hydrogen-bond donors (Lipinski definition) is 2. The third-order valence-corrected chi connectivity index (χ3v) is 4.18. The summed E-state index contributed by atoms with van der Waals surface area (Å²) < 4.78 is 0. The van der Waals surface area contributed by atoms with Crippen molar-refractivity contribution in [1.29, 1.82) is 0 Å². The Bertz CT molecular complexity index is 191. The lowest BCUT2D eigenvalue weighted by Gasteiger charge is -2.39. The predicted molar refractivity (Wildman–Crippen MR) is 71.5 cm³/mol. The van der Waals surface area contributed by atoms with Crippen LogP contribution in [0.1, 0.15) is 48.5 Å². The molecule has 0 saturated carbocycles. The fourth-order valence-electron chi connectivity index (χ4n) is 1.35. The fraction of sp³-hybridized carbons (Fsp3) is 1.00. The van der Waals surface area contributed by atoms with Crippen LogP contribution in [0.4, 0.5) is 0 Å². The molecule has 0 amide bonds. The molecule has 0 fully saturated rings. The smallest absolute Gasteiger partial charge is 0.0473 e. The third kappa shape index (κ3) is 4.84. The Hall–Kier alpha value is -0.0800. The minimum absolute atomic E-state index is 0.268. The van der Waals surface area contributed by atoms with Gasteiger partial charge in [-0.2, -0.15) is 0 Å². The van der Waals surface area contributed by atoms with Crippen LogP contribution in [0.15, 0.2) is 0 Å². The highest BCUT2D eigenvalue weighted by Gasteiger charge is 2.32. The van der Waals surface area contributed by atoms with Gasteiger partial charge >= 0.3 is 0 Å². The largest absolute Gasteiger partial charge is 0.396 e.